The molecule has 0 aromatic carbocycles. The monoisotopic (exact) mass is 306 g/mol. The van der Waals surface area contributed by atoms with Gasteiger partial charge in [0.25, 0.3) is 0 Å². The molecule has 1 fully saturated rings. The summed E-state index contributed by atoms with van der Waals surface area (Å²) in [5.74, 6) is -0.576. The first-order valence-electron chi connectivity index (χ1n) is 7.36. The Morgan fingerprint density at radius 1 is 1.55 bits per heavy atom. The molecule has 0 bridgehead atoms. The van der Waals surface area contributed by atoms with Gasteiger partial charge in [0, 0.05) is 39.0 Å². The van der Waals surface area contributed by atoms with Crippen molar-refractivity contribution in [3.05, 3.63) is 30.1 Å². The van der Waals surface area contributed by atoms with Crippen LogP contribution in [0.4, 0.5) is 0 Å². The zero-order valence-electron chi connectivity index (χ0n) is 12.7. The van der Waals surface area contributed by atoms with Crippen LogP contribution in [0.3, 0.4) is 0 Å². The van der Waals surface area contributed by atoms with Gasteiger partial charge >= 0.3 is 0 Å². The number of nitrogens with zero attached hydrogens (tertiary/aromatic N) is 2. The third-order valence-corrected chi connectivity index (χ3v) is 3.76. The summed E-state index contributed by atoms with van der Waals surface area (Å²) in [6.07, 6.45) is 3.58. The molecule has 0 saturated carbocycles. The Morgan fingerprint density at radius 2 is 2.36 bits per heavy atom. The number of ether oxygens (including phenoxy) is 1. The van der Waals surface area contributed by atoms with Gasteiger partial charge in [-0.3, -0.25) is 14.6 Å². The fourth-order valence-corrected chi connectivity index (χ4v) is 2.67. The highest BCUT2D eigenvalue weighted by Gasteiger charge is 2.42. The summed E-state index contributed by atoms with van der Waals surface area (Å²) in [7, 11) is 1.72. The Morgan fingerprint density at radius 3 is 3.05 bits per heavy atom. The van der Waals surface area contributed by atoms with Gasteiger partial charge in [0.1, 0.15) is 0 Å². The summed E-state index contributed by atoms with van der Waals surface area (Å²) in [5, 5.41) is 2.82. The molecule has 0 unspecified atom stereocenters. The lowest BCUT2D eigenvalue weighted by molar-refractivity contribution is -0.128. The molecule has 1 aromatic rings. The average Bonchev–Trinajstić information content (AvgIpc) is 2.83. The van der Waals surface area contributed by atoms with E-state index < -0.39 is 5.92 Å². The topological polar surface area (TPSA) is 97.5 Å². The van der Waals surface area contributed by atoms with E-state index >= 15 is 0 Å². The molecule has 2 atom stereocenters. The molecular formula is C15H22N4O3. The van der Waals surface area contributed by atoms with Crippen LogP contribution in [0.1, 0.15) is 18.0 Å². The van der Waals surface area contributed by atoms with Gasteiger partial charge in [0.05, 0.1) is 25.2 Å². The molecule has 120 valence electrons. The van der Waals surface area contributed by atoms with E-state index in [1.807, 2.05) is 12.1 Å². The van der Waals surface area contributed by atoms with Gasteiger partial charge in [0.2, 0.25) is 11.8 Å². The molecule has 0 aliphatic carbocycles. The number of rotatable bonds is 7. The van der Waals surface area contributed by atoms with Gasteiger partial charge in [-0.15, -0.1) is 0 Å². The van der Waals surface area contributed by atoms with E-state index in [0.29, 0.717) is 26.3 Å². The second-order valence-electron chi connectivity index (χ2n) is 5.24. The third-order valence-electron chi connectivity index (χ3n) is 3.76. The maximum atomic E-state index is 12.4. The average molecular weight is 306 g/mol. The van der Waals surface area contributed by atoms with Crippen molar-refractivity contribution < 1.29 is 14.3 Å². The highest BCUT2D eigenvalue weighted by Crippen LogP contribution is 2.36. The molecule has 22 heavy (non-hydrogen) atoms. The second kappa shape index (κ2) is 7.86. The molecule has 2 heterocycles. The lowest BCUT2D eigenvalue weighted by Gasteiger charge is -2.24. The number of aromatic nitrogens is 1. The fraction of sp³-hybridized carbons (Fsp3) is 0.533. The van der Waals surface area contributed by atoms with E-state index in [2.05, 4.69) is 10.3 Å². The second-order valence-corrected chi connectivity index (χ2v) is 5.24. The van der Waals surface area contributed by atoms with Crippen molar-refractivity contribution in [3.63, 3.8) is 0 Å². The Bertz CT molecular complexity index is 509. The van der Waals surface area contributed by atoms with Crippen LogP contribution in [0.5, 0.6) is 0 Å². The Hall–Kier alpha value is -1.99. The normalized spacial score (nSPS) is 21.2. The number of pyridine rings is 1. The Balaban J connectivity index is 1.98. The van der Waals surface area contributed by atoms with Gasteiger partial charge in [-0.1, -0.05) is 6.07 Å². The maximum absolute atomic E-state index is 12.4. The molecule has 1 aromatic heterocycles. The SMILES string of the molecule is CN1C(=O)C[C@H](C(=O)NCCOCCN)[C@H]1c1cccnc1. The molecule has 2 rings (SSSR count). The van der Waals surface area contributed by atoms with Crippen molar-refractivity contribution in [2.45, 2.75) is 12.5 Å². The number of hydrogen-bond donors (Lipinski definition) is 2. The highest BCUT2D eigenvalue weighted by atomic mass is 16.5. The number of nitrogens with one attached hydrogen (secondary N) is 1. The van der Waals surface area contributed by atoms with Crippen LogP contribution < -0.4 is 11.1 Å². The van der Waals surface area contributed by atoms with Gasteiger partial charge < -0.3 is 20.7 Å². The van der Waals surface area contributed by atoms with Crippen molar-refractivity contribution >= 4 is 11.8 Å². The lowest BCUT2D eigenvalue weighted by atomic mass is 9.94. The molecule has 3 N–H and O–H groups in total. The van der Waals surface area contributed by atoms with Crippen LogP contribution in [-0.2, 0) is 14.3 Å². The first-order valence-corrected chi connectivity index (χ1v) is 7.36. The van der Waals surface area contributed by atoms with E-state index in [4.69, 9.17) is 10.5 Å². The molecule has 7 nitrogen and oxygen atoms in total. The van der Waals surface area contributed by atoms with Crippen molar-refractivity contribution in [1.29, 1.82) is 0 Å². The minimum Gasteiger partial charge on any atom is -0.378 e. The largest absolute Gasteiger partial charge is 0.378 e. The first-order chi connectivity index (χ1) is 10.6. The van der Waals surface area contributed by atoms with E-state index in [-0.39, 0.29) is 24.3 Å². The van der Waals surface area contributed by atoms with E-state index in [9.17, 15) is 9.59 Å². The minimum atomic E-state index is -0.406. The summed E-state index contributed by atoms with van der Waals surface area (Å²) >= 11 is 0. The zero-order chi connectivity index (χ0) is 15.9. The van der Waals surface area contributed by atoms with Crippen LogP contribution in [0.25, 0.3) is 0 Å². The van der Waals surface area contributed by atoms with Gasteiger partial charge in [-0.25, -0.2) is 0 Å². The predicted molar refractivity (Wildman–Crippen MR) is 80.7 cm³/mol. The third kappa shape index (κ3) is 3.80. The van der Waals surface area contributed by atoms with Crippen LogP contribution in [0, 0.1) is 5.92 Å². The Labute approximate surface area is 129 Å². The van der Waals surface area contributed by atoms with Crippen molar-refractivity contribution in [3.8, 4) is 0 Å². The number of amides is 2. The lowest BCUT2D eigenvalue weighted by Crippen LogP contribution is -2.36. The summed E-state index contributed by atoms with van der Waals surface area (Å²) in [6.45, 7) is 1.75. The summed E-state index contributed by atoms with van der Waals surface area (Å²) < 4.78 is 5.22. The van der Waals surface area contributed by atoms with Crippen LogP contribution in [-0.4, -0.2) is 55.0 Å². The summed E-state index contributed by atoms with van der Waals surface area (Å²) in [5.41, 5.74) is 6.19. The molecule has 1 saturated heterocycles. The molecular weight excluding hydrogens is 284 g/mol. The minimum absolute atomic E-state index is 0.0339. The maximum Gasteiger partial charge on any atom is 0.226 e. The fourth-order valence-electron chi connectivity index (χ4n) is 2.67. The molecule has 2 amide bonds. The van der Waals surface area contributed by atoms with E-state index in [1.54, 1.807) is 24.3 Å². The molecule has 1 aliphatic heterocycles. The molecule has 0 radical (unpaired) electrons. The van der Waals surface area contributed by atoms with Crippen LogP contribution in [0.15, 0.2) is 24.5 Å². The first kappa shape index (κ1) is 16.4. The number of likely N-dealkylation sites (tertiary alicyclic amines) is 1. The van der Waals surface area contributed by atoms with E-state index in [1.165, 1.54) is 0 Å². The Kier molecular flexibility index (Phi) is 5.85. The smallest absolute Gasteiger partial charge is 0.226 e. The molecule has 0 spiro atoms. The number of carbonyl (C=O) groups is 2. The number of hydrogen-bond acceptors (Lipinski definition) is 5. The van der Waals surface area contributed by atoms with Crippen molar-refractivity contribution in [2.24, 2.45) is 11.7 Å². The van der Waals surface area contributed by atoms with Crippen LogP contribution in [0.2, 0.25) is 0 Å². The van der Waals surface area contributed by atoms with Gasteiger partial charge in [-0.05, 0) is 11.6 Å². The summed E-state index contributed by atoms with van der Waals surface area (Å²) in [4.78, 5) is 30.0. The molecule has 1 aliphatic rings. The number of nitrogens with two attached hydrogens (primary N) is 1. The van der Waals surface area contributed by atoms with Crippen LogP contribution >= 0.6 is 0 Å². The van der Waals surface area contributed by atoms with Crippen molar-refractivity contribution in [1.82, 2.24) is 15.2 Å². The number of carbonyl (C=O) groups excluding carboxylic acids is 2. The van der Waals surface area contributed by atoms with Crippen molar-refractivity contribution in [2.75, 3.05) is 33.4 Å². The van der Waals surface area contributed by atoms with E-state index in [0.717, 1.165) is 5.56 Å². The molecule has 7 heteroatoms. The highest BCUT2D eigenvalue weighted by molar-refractivity contribution is 5.90. The predicted octanol–water partition coefficient (Wildman–Crippen LogP) is -0.307. The van der Waals surface area contributed by atoms with Gasteiger partial charge in [-0.2, -0.15) is 0 Å². The zero-order valence-corrected chi connectivity index (χ0v) is 12.7. The standard InChI is InChI=1S/C15H22N4O3/c1-19-13(20)9-12(14(19)11-3-2-5-17-10-11)15(21)18-6-8-22-7-4-16/h2-3,5,10,12,14H,4,6-9,16H2,1H3,(H,18,21)/t12-,14+/m0/s1. The summed E-state index contributed by atoms with van der Waals surface area (Å²) in [6, 6.07) is 3.42. The quantitative estimate of drug-likeness (QED) is 0.674. The van der Waals surface area contributed by atoms with Gasteiger partial charge in [0.15, 0.2) is 0 Å².